The van der Waals surface area contributed by atoms with E-state index in [0.29, 0.717) is 18.1 Å². The molecule has 1 fully saturated rings. The van der Waals surface area contributed by atoms with Crippen molar-refractivity contribution in [3.63, 3.8) is 0 Å². The number of ether oxygens (including phenoxy) is 3. The van der Waals surface area contributed by atoms with Crippen LogP contribution in [0.4, 0.5) is 10.6 Å². The predicted molar refractivity (Wildman–Crippen MR) is 103 cm³/mol. The number of carbonyl (C=O) groups excluding carboxylic acids is 1. The highest BCUT2D eigenvalue weighted by Crippen LogP contribution is 2.36. The highest BCUT2D eigenvalue weighted by molar-refractivity contribution is 5.94. The molecule has 0 bridgehead atoms. The normalized spacial score (nSPS) is 14.9. The largest absolute Gasteiger partial charge is 0.493 e. The highest BCUT2D eigenvalue weighted by Gasteiger charge is 2.27. The van der Waals surface area contributed by atoms with Crippen molar-refractivity contribution >= 4 is 22.7 Å². The Kier molecular flexibility index (Phi) is 5.83. The van der Waals surface area contributed by atoms with Crippen LogP contribution in [0.5, 0.6) is 11.5 Å². The highest BCUT2D eigenvalue weighted by atomic mass is 16.6. The first-order valence-corrected chi connectivity index (χ1v) is 9.11. The Morgan fingerprint density at radius 2 is 1.89 bits per heavy atom. The fourth-order valence-corrected chi connectivity index (χ4v) is 3.47. The number of hydrogen-bond acceptors (Lipinski definition) is 7. The van der Waals surface area contributed by atoms with Crippen molar-refractivity contribution in [2.75, 3.05) is 45.9 Å². The Balaban J connectivity index is 1.80. The Morgan fingerprint density at radius 3 is 2.52 bits per heavy atom. The minimum absolute atomic E-state index is 0.165. The van der Waals surface area contributed by atoms with Gasteiger partial charge in [-0.1, -0.05) is 0 Å². The molecule has 1 aromatic carbocycles. The maximum Gasteiger partial charge on any atom is 0.409 e. The first-order valence-electron chi connectivity index (χ1n) is 9.11. The Bertz CT molecular complexity index is 806. The van der Waals surface area contributed by atoms with Crippen molar-refractivity contribution in [1.29, 1.82) is 0 Å². The molecule has 1 aliphatic rings. The summed E-state index contributed by atoms with van der Waals surface area (Å²) in [5.74, 6) is 2.15. The number of benzene rings is 1. The molecular formula is C19H26N4O4. The van der Waals surface area contributed by atoms with Crippen LogP contribution in [0.25, 0.3) is 10.8 Å². The molecule has 0 atom stereocenters. The molecule has 146 valence electrons. The molecular weight excluding hydrogens is 348 g/mol. The molecule has 8 nitrogen and oxygen atoms in total. The minimum atomic E-state index is -0.266. The standard InChI is InChI=1S/C19H26N4O4/c1-5-27-19(24)22(2)14-6-8-23(9-7-14)18-15-11-17(26-4)16(25-3)10-13(15)12-20-21-18/h10-12,14H,5-9H2,1-4H3. The number of piperidine rings is 1. The van der Waals surface area contributed by atoms with Gasteiger partial charge in [0.25, 0.3) is 0 Å². The summed E-state index contributed by atoms with van der Waals surface area (Å²) in [6.45, 7) is 3.78. The van der Waals surface area contributed by atoms with E-state index in [1.54, 1.807) is 32.4 Å². The summed E-state index contributed by atoms with van der Waals surface area (Å²) in [5.41, 5.74) is 0. The van der Waals surface area contributed by atoms with E-state index in [0.717, 1.165) is 42.5 Å². The lowest BCUT2D eigenvalue weighted by atomic mass is 10.0. The smallest absolute Gasteiger partial charge is 0.409 e. The van der Waals surface area contributed by atoms with E-state index >= 15 is 0 Å². The number of hydrogen-bond donors (Lipinski definition) is 0. The van der Waals surface area contributed by atoms with Crippen molar-refractivity contribution < 1.29 is 19.0 Å². The van der Waals surface area contributed by atoms with Crippen LogP contribution in [0.15, 0.2) is 18.3 Å². The average molecular weight is 374 g/mol. The van der Waals surface area contributed by atoms with Gasteiger partial charge in [0.1, 0.15) is 0 Å². The molecule has 0 aliphatic carbocycles. The summed E-state index contributed by atoms with van der Waals surface area (Å²) in [6, 6.07) is 4.01. The van der Waals surface area contributed by atoms with Crippen molar-refractivity contribution in [2.24, 2.45) is 0 Å². The van der Waals surface area contributed by atoms with Crippen LogP contribution in [0.2, 0.25) is 0 Å². The summed E-state index contributed by atoms with van der Waals surface area (Å²) in [7, 11) is 5.03. The molecule has 0 saturated carbocycles. The zero-order valence-electron chi connectivity index (χ0n) is 16.3. The molecule has 1 aliphatic heterocycles. The lowest BCUT2D eigenvalue weighted by Gasteiger charge is -2.36. The van der Waals surface area contributed by atoms with Crippen molar-refractivity contribution in [3.8, 4) is 11.5 Å². The van der Waals surface area contributed by atoms with Gasteiger partial charge in [-0.05, 0) is 31.9 Å². The van der Waals surface area contributed by atoms with E-state index in [9.17, 15) is 4.79 Å². The quantitative estimate of drug-likeness (QED) is 0.796. The van der Waals surface area contributed by atoms with E-state index in [-0.39, 0.29) is 12.1 Å². The van der Waals surface area contributed by atoms with E-state index in [4.69, 9.17) is 14.2 Å². The van der Waals surface area contributed by atoms with Gasteiger partial charge in [-0.15, -0.1) is 5.10 Å². The topological polar surface area (TPSA) is 77.0 Å². The van der Waals surface area contributed by atoms with Gasteiger partial charge in [-0.25, -0.2) is 4.79 Å². The van der Waals surface area contributed by atoms with E-state index in [1.807, 2.05) is 19.1 Å². The maximum atomic E-state index is 11.9. The molecule has 2 aromatic rings. The van der Waals surface area contributed by atoms with Crippen LogP contribution < -0.4 is 14.4 Å². The molecule has 1 amide bonds. The fraction of sp³-hybridized carbons (Fsp3) is 0.526. The van der Waals surface area contributed by atoms with Crippen molar-refractivity contribution in [2.45, 2.75) is 25.8 Å². The summed E-state index contributed by atoms with van der Waals surface area (Å²) >= 11 is 0. The van der Waals surface area contributed by atoms with Gasteiger partial charge in [0.15, 0.2) is 17.3 Å². The summed E-state index contributed by atoms with van der Waals surface area (Å²) in [5, 5.41) is 10.4. The van der Waals surface area contributed by atoms with E-state index < -0.39 is 0 Å². The lowest BCUT2D eigenvalue weighted by molar-refractivity contribution is 0.0962. The average Bonchev–Trinajstić information content (AvgIpc) is 2.72. The second kappa shape index (κ2) is 8.28. The molecule has 27 heavy (non-hydrogen) atoms. The second-order valence-corrected chi connectivity index (χ2v) is 6.49. The first-order chi connectivity index (χ1) is 13.1. The third-order valence-corrected chi connectivity index (χ3v) is 5.01. The molecule has 0 spiro atoms. The summed E-state index contributed by atoms with van der Waals surface area (Å²) in [4.78, 5) is 15.8. The minimum Gasteiger partial charge on any atom is -0.493 e. The number of methoxy groups -OCH3 is 2. The number of carbonyl (C=O) groups is 1. The van der Waals surface area contributed by atoms with Crippen LogP contribution in [0.3, 0.4) is 0 Å². The van der Waals surface area contributed by atoms with Crippen molar-refractivity contribution in [1.82, 2.24) is 15.1 Å². The number of nitrogens with zero attached hydrogens (tertiary/aromatic N) is 4. The Labute approximate surface area is 159 Å². The van der Waals surface area contributed by atoms with E-state index in [2.05, 4.69) is 15.1 Å². The van der Waals surface area contributed by atoms with Gasteiger partial charge >= 0.3 is 6.09 Å². The maximum absolute atomic E-state index is 11.9. The number of fused-ring (bicyclic) bond motifs is 1. The van der Waals surface area contributed by atoms with Gasteiger partial charge in [0, 0.05) is 37.0 Å². The lowest BCUT2D eigenvalue weighted by Crippen LogP contribution is -2.46. The SMILES string of the molecule is CCOC(=O)N(C)C1CCN(c2nncc3cc(OC)c(OC)cc23)CC1. The predicted octanol–water partition coefficient (Wildman–Crippen LogP) is 2.70. The van der Waals surface area contributed by atoms with Crippen molar-refractivity contribution in [3.05, 3.63) is 18.3 Å². The molecule has 1 saturated heterocycles. The van der Waals surface area contributed by atoms with Crippen LogP contribution in [-0.2, 0) is 4.74 Å². The van der Waals surface area contributed by atoms with Crippen LogP contribution >= 0.6 is 0 Å². The van der Waals surface area contributed by atoms with Gasteiger partial charge in [-0.2, -0.15) is 5.10 Å². The van der Waals surface area contributed by atoms with Crippen LogP contribution in [-0.4, -0.2) is 68.2 Å². The number of amides is 1. The molecule has 0 N–H and O–H groups in total. The zero-order chi connectivity index (χ0) is 19.4. The third kappa shape index (κ3) is 3.84. The molecule has 3 rings (SSSR count). The molecule has 8 heteroatoms. The van der Waals surface area contributed by atoms with E-state index in [1.165, 1.54) is 0 Å². The number of rotatable bonds is 5. The van der Waals surface area contributed by atoms with Gasteiger partial charge in [0.2, 0.25) is 0 Å². The summed E-state index contributed by atoms with van der Waals surface area (Å²) in [6.07, 6.45) is 3.15. The van der Waals surface area contributed by atoms with Gasteiger partial charge in [0.05, 0.1) is 27.0 Å². The molecule has 1 aromatic heterocycles. The summed E-state index contributed by atoms with van der Waals surface area (Å²) < 4.78 is 15.9. The number of anilines is 1. The van der Waals surface area contributed by atoms with Crippen LogP contribution in [0, 0.1) is 0 Å². The fourth-order valence-electron chi connectivity index (χ4n) is 3.47. The molecule has 2 heterocycles. The third-order valence-electron chi connectivity index (χ3n) is 5.01. The number of aromatic nitrogens is 2. The molecule has 0 unspecified atom stereocenters. The van der Waals surface area contributed by atoms with Gasteiger partial charge < -0.3 is 24.0 Å². The Morgan fingerprint density at radius 1 is 1.22 bits per heavy atom. The van der Waals surface area contributed by atoms with Gasteiger partial charge in [-0.3, -0.25) is 0 Å². The second-order valence-electron chi connectivity index (χ2n) is 6.49. The van der Waals surface area contributed by atoms with Crippen LogP contribution in [0.1, 0.15) is 19.8 Å². The molecule has 0 radical (unpaired) electrons. The Hall–Kier alpha value is -2.77. The first kappa shape index (κ1) is 19.0. The zero-order valence-corrected chi connectivity index (χ0v) is 16.3. The monoisotopic (exact) mass is 374 g/mol.